The zero-order valence-electron chi connectivity index (χ0n) is 11.1. The topological polar surface area (TPSA) is 49.3 Å². The molecule has 0 unspecified atom stereocenters. The predicted octanol–water partition coefficient (Wildman–Crippen LogP) is 3.61. The van der Waals surface area contributed by atoms with Crippen LogP contribution in [0.15, 0.2) is 42.5 Å². The molecular formula is C16H17NO2. The highest BCUT2D eigenvalue weighted by molar-refractivity contribution is 5.87. The van der Waals surface area contributed by atoms with Crippen LogP contribution < -0.4 is 5.32 Å². The molecule has 0 amide bonds. The van der Waals surface area contributed by atoms with Crippen molar-refractivity contribution >= 4 is 11.7 Å². The third-order valence-electron chi connectivity index (χ3n) is 3.25. The maximum atomic E-state index is 10.8. The summed E-state index contributed by atoms with van der Waals surface area (Å²) in [6.07, 6.45) is 0. The molecule has 19 heavy (non-hydrogen) atoms. The molecule has 0 spiro atoms. The second-order valence-corrected chi connectivity index (χ2v) is 4.61. The Balaban J connectivity index is 2.08. The van der Waals surface area contributed by atoms with Crippen molar-refractivity contribution in [2.45, 2.75) is 20.4 Å². The Labute approximate surface area is 112 Å². The molecule has 2 aromatic rings. The molecule has 0 aliphatic heterocycles. The summed E-state index contributed by atoms with van der Waals surface area (Å²) in [7, 11) is 0. The molecule has 0 fully saturated rings. The molecule has 0 saturated heterocycles. The first-order chi connectivity index (χ1) is 9.08. The fourth-order valence-electron chi connectivity index (χ4n) is 2.05. The second-order valence-electron chi connectivity index (χ2n) is 4.61. The van der Waals surface area contributed by atoms with E-state index < -0.39 is 5.97 Å². The number of carbonyl (C=O) groups is 1. The number of hydrogen-bond donors (Lipinski definition) is 2. The van der Waals surface area contributed by atoms with Crippen molar-refractivity contribution in [3.8, 4) is 0 Å². The van der Waals surface area contributed by atoms with Crippen LogP contribution in [-0.2, 0) is 6.54 Å². The number of hydrogen-bond acceptors (Lipinski definition) is 2. The number of aryl methyl sites for hydroxylation is 2. The first kappa shape index (κ1) is 13.1. The number of carboxylic acids is 1. The molecule has 0 atom stereocenters. The molecule has 0 aliphatic rings. The quantitative estimate of drug-likeness (QED) is 0.877. The summed E-state index contributed by atoms with van der Waals surface area (Å²) >= 11 is 0. The molecule has 2 aromatic carbocycles. The van der Waals surface area contributed by atoms with Gasteiger partial charge in [-0.05, 0) is 54.8 Å². The first-order valence-electron chi connectivity index (χ1n) is 6.20. The minimum atomic E-state index is -0.902. The van der Waals surface area contributed by atoms with Gasteiger partial charge in [-0.15, -0.1) is 0 Å². The molecule has 0 saturated carbocycles. The lowest BCUT2D eigenvalue weighted by molar-refractivity contribution is 0.0697. The molecule has 0 heterocycles. The Morgan fingerprint density at radius 1 is 1.05 bits per heavy atom. The number of aromatic carboxylic acids is 1. The van der Waals surface area contributed by atoms with Crippen LogP contribution >= 0.6 is 0 Å². The average Bonchev–Trinajstić information content (AvgIpc) is 2.38. The van der Waals surface area contributed by atoms with Crippen LogP contribution in [0.25, 0.3) is 0 Å². The van der Waals surface area contributed by atoms with Crippen LogP contribution in [0, 0.1) is 13.8 Å². The molecule has 2 N–H and O–H groups in total. The molecule has 98 valence electrons. The van der Waals surface area contributed by atoms with Crippen molar-refractivity contribution in [1.29, 1.82) is 0 Å². The van der Waals surface area contributed by atoms with Gasteiger partial charge in [-0.25, -0.2) is 4.79 Å². The average molecular weight is 255 g/mol. The van der Waals surface area contributed by atoms with Gasteiger partial charge in [0.25, 0.3) is 0 Å². The maximum Gasteiger partial charge on any atom is 0.335 e. The number of anilines is 1. The molecule has 2 rings (SSSR count). The van der Waals surface area contributed by atoms with Crippen molar-refractivity contribution in [3.63, 3.8) is 0 Å². The van der Waals surface area contributed by atoms with E-state index in [1.807, 2.05) is 0 Å². The zero-order chi connectivity index (χ0) is 13.8. The largest absolute Gasteiger partial charge is 0.478 e. The molecule has 3 heteroatoms. The minimum Gasteiger partial charge on any atom is -0.478 e. The van der Waals surface area contributed by atoms with Gasteiger partial charge in [-0.3, -0.25) is 0 Å². The number of nitrogens with one attached hydrogen (secondary N) is 1. The lowest BCUT2D eigenvalue weighted by atomic mass is 10.0. The highest BCUT2D eigenvalue weighted by atomic mass is 16.4. The fraction of sp³-hybridized carbons (Fsp3) is 0.188. The smallest absolute Gasteiger partial charge is 0.335 e. The number of carboxylic acid groups (broad SMARTS) is 1. The van der Waals surface area contributed by atoms with Crippen LogP contribution in [-0.4, -0.2) is 11.1 Å². The molecule has 0 radical (unpaired) electrons. The maximum absolute atomic E-state index is 10.8. The van der Waals surface area contributed by atoms with Crippen LogP contribution in [0.3, 0.4) is 0 Å². The van der Waals surface area contributed by atoms with Crippen molar-refractivity contribution in [1.82, 2.24) is 0 Å². The lowest BCUT2D eigenvalue weighted by Gasteiger charge is -2.12. The third kappa shape index (κ3) is 3.13. The Hall–Kier alpha value is -2.29. The Kier molecular flexibility index (Phi) is 3.85. The van der Waals surface area contributed by atoms with Gasteiger partial charge in [0.15, 0.2) is 0 Å². The Morgan fingerprint density at radius 3 is 2.16 bits per heavy atom. The van der Waals surface area contributed by atoms with Crippen LogP contribution in [0.4, 0.5) is 5.69 Å². The van der Waals surface area contributed by atoms with Gasteiger partial charge < -0.3 is 10.4 Å². The highest BCUT2D eigenvalue weighted by Gasteiger charge is 2.03. The van der Waals surface area contributed by atoms with E-state index in [9.17, 15) is 4.79 Å². The van der Waals surface area contributed by atoms with Gasteiger partial charge in [0.2, 0.25) is 0 Å². The van der Waals surface area contributed by atoms with Crippen molar-refractivity contribution in [3.05, 3.63) is 64.7 Å². The summed E-state index contributed by atoms with van der Waals surface area (Å²) in [4.78, 5) is 10.8. The van der Waals surface area contributed by atoms with Crippen molar-refractivity contribution < 1.29 is 9.90 Å². The summed E-state index contributed by atoms with van der Waals surface area (Å²) in [5, 5.41) is 12.2. The number of benzene rings is 2. The summed E-state index contributed by atoms with van der Waals surface area (Å²) in [5.74, 6) is -0.902. The Morgan fingerprint density at radius 2 is 1.63 bits per heavy atom. The van der Waals surface area contributed by atoms with E-state index in [-0.39, 0.29) is 0 Å². The highest BCUT2D eigenvalue weighted by Crippen LogP contribution is 2.16. The van der Waals surface area contributed by atoms with Gasteiger partial charge in [0, 0.05) is 12.2 Å². The van der Waals surface area contributed by atoms with Crippen LogP contribution in [0.1, 0.15) is 27.0 Å². The van der Waals surface area contributed by atoms with Crippen LogP contribution in [0.5, 0.6) is 0 Å². The molecular weight excluding hydrogens is 238 g/mol. The SMILES string of the molecule is Cc1cccc(C)c1CNc1ccc(C(=O)O)cc1. The van der Waals surface area contributed by atoms with Crippen LogP contribution in [0.2, 0.25) is 0 Å². The lowest BCUT2D eigenvalue weighted by Crippen LogP contribution is -2.04. The molecule has 0 aliphatic carbocycles. The van der Waals surface area contributed by atoms with E-state index >= 15 is 0 Å². The third-order valence-corrected chi connectivity index (χ3v) is 3.25. The van der Waals surface area contributed by atoms with Gasteiger partial charge in [-0.2, -0.15) is 0 Å². The first-order valence-corrected chi connectivity index (χ1v) is 6.20. The summed E-state index contributed by atoms with van der Waals surface area (Å²) in [6, 6.07) is 13.0. The van der Waals surface area contributed by atoms with Gasteiger partial charge >= 0.3 is 5.97 Å². The standard InChI is InChI=1S/C16H17NO2/c1-11-4-3-5-12(2)15(11)10-17-14-8-6-13(7-9-14)16(18)19/h3-9,17H,10H2,1-2H3,(H,18,19). The van der Waals surface area contributed by atoms with Crippen molar-refractivity contribution in [2.75, 3.05) is 5.32 Å². The summed E-state index contributed by atoms with van der Waals surface area (Å²) in [6.45, 7) is 4.93. The second kappa shape index (κ2) is 5.57. The normalized spacial score (nSPS) is 10.2. The molecule has 0 aromatic heterocycles. The van der Waals surface area contributed by atoms with E-state index in [2.05, 4.69) is 37.4 Å². The van der Waals surface area contributed by atoms with Gasteiger partial charge in [0.1, 0.15) is 0 Å². The van der Waals surface area contributed by atoms with E-state index in [1.54, 1.807) is 24.3 Å². The Bertz CT molecular complexity index is 568. The van der Waals surface area contributed by atoms with E-state index in [0.29, 0.717) is 5.56 Å². The van der Waals surface area contributed by atoms with Gasteiger partial charge in [-0.1, -0.05) is 18.2 Å². The molecule has 3 nitrogen and oxygen atoms in total. The zero-order valence-corrected chi connectivity index (χ0v) is 11.1. The summed E-state index contributed by atoms with van der Waals surface area (Å²) in [5.41, 5.74) is 5.03. The van der Waals surface area contributed by atoms with Crippen molar-refractivity contribution in [2.24, 2.45) is 0 Å². The number of rotatable bonds is 4. The van der Waals surface area contributed by atoms with E-state index in [0.717, 1.165) is 12.2 Å². The van der Waals surface area contributed by atoms with Gasteiger partial charge in [0.05, 0.1) is 5.56 Å². The van der Waals surface area contributed by atoms with E-state index in [1.165, 1.54) is 16.7 Å². The monoisotopic (exact) mass is 255 g/mol. The van der Waals surface area contributed by atoms with E-state index in [4.69, 9.17) is 5.11 Å². The predicted molar refractivity (Wildman–Crippen MR) is 76.6 cm³/mol. The fourth-order valence-corrected chi connectivity index (χ4v) is 2.05. The minimum absolute atomic E-state index is 0.303. The molecule has 0 bridgehead atoms. The summed E-state index contributed by atoms with van der Waals surface area (Å²) < 4.78 is 0.